The van der Waals surface area contributed by atoms with Gasteiger partial charge < -0.3 is 19.5 Å². The van der Waals surface area contributed by atoms with Crippen molar-refractivity contribution in [3.8, 4) is 11.5 Å². The highest BCUT2D eigenvalue weighted by molar-refractivity contribution is 7.89. The quantitative estimate of drug-likeness (QED) is 0.466. The third kappa shape index (κ3) is 7.34. The fourth-order valence-corrected chi connectivity index (χ4v) is 4.00. The number of halogens is 1. The van der Waals surface area contributed by atoms with Gasteiger partial charge in [0.1, 0.15) is 13.2 Å². The van der Waals surface area contributed by atoms with Crippen LogP contribution < -0.4 is 24.8 Å². The molecule has 3 amide bonds. The second-order valence-corrected chi connectivity index (χ2v) is 8.83. The fourth-order valence-electron chi connectivity index (χ4n) is 2.67. The van der Waals surface area contributed by atoms with Gasteiger partial charge in [0, 0.05) is 23.3 Å². The summed E-state index contributed by atoms with van der Waals surface area (Å²) in [6, 6.07) is 9.53. The van der Waals surface area contributed by atoms with E-state index in [-0.39, 0.29) is 22.9 Å². The Labute approximate surface area is 194 Å². The maximum Gasteiger partial charge on any atom is 0.325 e. The number of urea groups is 1. The average molecular weight is 498 g/mol. The van der Waals surface area contributed by atoms with Crippen molar-refractivity contribution in [2.75, 3.05) is 31.7 Å². The first kappa shape index (κ1) is 24.3. The molecule has 3 rings (SSSR count). The van der Waals surface area contributed by atoms with Gasteiger partial charge in [-0.25, -0.2) is 17.9 Å². The number of sulfonamides is 1. The van der Waals surface area contributed by atoms with E-state index >= 15 is 0 Å². The smallest absolute Gasteiger partial charge is 0.325 e. The predicted molar refractivity (Wildman–Crippen MR) is 117 cm³/mol. The molecule has 0 fully saturated rings. The standard InChI is InChI=1S/C20H20ClN3O8S/c21-13-2-1-3-15(10-13)33(28,29)22-7-6-19(26)32-12-18(25)24-20(27)23-14-4-5-16-17(11-14)31-9-8-30-16/h1-5,10-11,22H,6-9,12H2,(H2,23,24,25,27). The Kier molecular flexibility index (Phi) is 8.09. The summed E-state index contributed by atoms with van der Waals surface area (Å²) in [6.07, 6.45) is -0.323. The number of carbonyl (C=O) groups excluding carboxylic acids is 3. The van der Waals surface area contributed by atoms with Crippen LogP contribution in [0.5, 0.6) is 11.5 Å². The van der Waals surface area contributed by atoms with Crippen LogP contribution in [0.1, 0.15) is 6.42 Å². The lowest BCUT2D eigenvalue weighted by Crippen LogP contribution is -2.37. The maximum absolute atomic E-state index is 12.1. The lowest BCUT2D eigenvalue weighted by atomic mass is 10.2. The molecule has 1 aliphatic heterocycles. The van der Waals surface area contributed by atoms with E-state index in [4.69, 9.17) is 25.8 Å². The number of anilines is 1. The average Bonchev–Trinajstić information content (AvgIpc) is 2.77. The molecule has 1 heterocycles. The van der Waals surface area contributed by atoms with Gasteiger partial charge in [0.05, 0.1) is 11.3 Å². The van der Waals surface area contributed by atoms with Crippen LogP contribution in [0.3, 0.4) is 0 Å². The minimum Gasteiger partial charge on any atom is -0.486 e. The van der Waals surface area contributed by atoms with Crippen LogP contribution in [0, 0.1) is 0 Å². The Morgan fingerprint density at radius 3 is 2.55 bits per heavy atom. The molecule has 1 aliphatic rings. The highest BCUT2D eigenvalue weighted by atomic mass is 35.5. The summed E-state index contributed by atoms with van der Waals surface area (Å²) in [6.45, 7) is -0.149. The number of carbonyl (C=O) groups is 3. The number of hydrogen-bond donors (Lipinski definition) is 3. The van der Waals surface area contributed by atoms with Crippen LogP contribution in [0.25, 0.3) is 0 Å². The molecular weight excluding hydrogens is 478 g/mol. The van der Waals surface area contributed by atoms with E-state index in [1.807, 2.05) is 5.32 Å². The third-order valence-electron chi connectivity index (χ3n) is 4.14. The van der Waals surface area contributed by atoms with E-state index < -0.39 is 34.5 Å². The Morgan fingerprint density at radius 2 is 1.79 bits per heavy atom. The summed E-state index contributed by atoms with van der Waals surface area (Å²) in [5.74, 6) is -0.681. The zero-order chi connectivity index (χ0) is 23.8. The number of amides is 3. The van der Waals surface area contributed by atoms with Crippen LogP contribution in [-0.4, -0.2) is 52.7 Å². The van der Waals surface area contributed by atoms with Gasteiger partial charge in [0.25, 0.3) is 5.91 Å². The second-order valence-electron chi connectivity index (χ2n) is 6.63. The number of rotatable bonds is 8. The SMILES string of the molecule is O=C(COC(=O)CCNS(=O)(=O)c1cccc(Cl)c1)NC(=O)Nc1ccc2c(c1)OCCO2. The van der Waals surface area contributed by atoms with Gasteiger partial charge in [-0.3, -0.25) is 14.9 Å². The molecule has 0 bridgehead atoms. The zero-order valence-corrected chi connectivity index (χ0v) is 18.7. The van der Waals surface area contributed by atoms with E-state index in [9.17, 15) is 22.8 Å². The molecule has 2 aromatic rings. The van der Waals surface area contributed by atoms with Crippen molar-refractivity contribution in [3.05, 3.63) is 47.5 Å². The highest BCUT2D eigenvalue weighted by Gasteiger charge is 2.17. The normalized spacial score (nSPS) is 12.5. The minimum atomic E-state index is -3.85. The second kappa shape index (κ2) is 11.0. The Balaban J connectivity index is 1.37. The maximum atomic E-state index is 12.1. The molecule has 0 unspecified atom stereocenters. The van der Waals surface area contributed by atoms with E-state index in [1.54, 1.807) is 18.2 Å². The molecule has 13 heteroatoms. The predicted octanol–water partition coefficient (Wildman–Crippen LogP) is 1.67. The van der Waals surface area contributed by atoms with Gasteiger partial charge in [-0.1, -0.05) is 17.7 Å². The van der Waals surface area contributed by atoms with Crippen molar-refractivity contribution in [1.82, 2.24) is 10.0 Å². The van der Waals surface area contributed by atoms with Gasteiger partial charge in [0.15, 0.2) is 18.1 Å². The van der Waals surface area contributed by atoms with Crippen LogP contribution in [0.2, 0.25) is 5.02 Å². The van der Waals surface area contributed by atoms with Gasteiger partial charge in [-0.2, -0.15) is 0 Å². The molecule has 0 aliphatic carbocycles. The van der Waals surface area contributed by atoms with Crippen molar-refractivity contribution in [2.24, 2.45) is 0 Å². The Morgan fingerprint density at radius 1 is 1.03 bits per heavy atom. The number of ether oxygens (including phenoxy) is 3. The van der Waals surface area contributed by atoms with Crippen molar-refractivity contribution < 1.29 is 37.0 Å². The minimum absolute atomic E-state index is 0.0493. The number of imide groups is 1. The molecule has 2 aromatic carbocycles. The number of benzene rings is 2. The first-order valence-corrected chi connectivity index (χ1v) is 11.5. The van der Waals surface area contributed by atoms with Crippen LogP contribution in [-0.2, 0) is 24.3 Å². The topological polar surface area (TPSA) is 149 Å². The van der Waals surface area contributed by atoms with Gasteiger partial charge in [-0.05, 0) is 30.3 Å². The molecule has 0 saturated carbocycles. The van der Waals surface area contributed by atoms with Gasteiger partial charge in [-0.15, -0.1) is 0 Å². The zero-order valence-electron chi connectivity index (χ0n) is 17.1. The summed E-state index contributed by atoms with van der Waals surface area (Å²) in [7, 11) is -3.85. The lowest BCUT2D eigenvalue weighted by molar-refractivity contribution is -0.148. The van der Waals surface area contributed by atoms with E-state index in [0.29, 0.717) is 30.4 Å². The summed E-state index contributed by atoms with van der Waals surface area (Å²) in [4.78, 5) is 35.5. The molecule has 0 atom stereocenters. The van der Waals surface area contributed by atoms with Crippen LogP contribution in [0.15, 0.2) is 47.4 Å². The van der Waals surface area contributed by atoms with Crippen molar-refractivity contribution in [2.45, 2.75) is 11.3 Å². The fraction of sp³-hybridized carbons (Fsp3) is 0.250. The van der Waals surface area contributed by atoms with Gasteiger partial charge in [0.2, 0.25) is 10.0 Å². The van der Waals surface area contributed by atoms with Crippen LogP contribution in [0.4, 0.5) is 10.5 Å². The third-order valence-corrected chi connectivity index (χ3v) is 5.84. The van der Waals surface area contributed by atoms with Crippen molar-refractivity contribution in [1.29, 1.82) is 0 Å². The number of fused-ring (bicyclic) bond motifs is 1. The summed E-state index contributed by atoms with van der Waals surface area (Å²) < 4.78 is 42.0. The monoisotopic (exact) mass is 497 g/mol. The van der Waals surface area contributed by atoms with E-state index in [2.05, 4.69) is 10.0 Å². The molecule has 0 aromatic heterocycles. The molecule has 11 nitrogen and oxygen atoms in total. The molecule has 0 saturated heterocycles. The first-order valence-electron chi connectivity index (χ1n) is 9.64. The molecule has 176 valence electrons. The molecule has 0 spiro atoms. The number of nitrogens with one attached hydrogen (secondary N) is 3. The van der Waals surface area contributed by atoms with E-state index in [0.717, 1.165) is 0 Å². The lowest BCUT2D eigenvalue weighted by Gasteiger charge is -2.19. The summed E-state index contributed by atoms with van der Waals surface area (Å²) in [5, 5.41) is 4.71. The Bertz CT molecular complexity index is 1160. The molecule has 33 heavy (non-hydrogen) atoms. The molecule has 3 N–H and O–H groups in total. The highest BCUT2D eigenvalue weighted by Crippen LogP contribution is 2.32. The molecular formula is C20H20ClN3O8S. The van der Waals surface area contributed by atoms with Gasteiger partial charge >= 0.3 is 12.0 Å². The number of esters is 1. The first-order chi connectivity index (χ1) is 15.7. The number of hydrogen-bond acceptors (Lipinski definition) is 8. The molecule has 0 radical (unpaired) electrons. The summed E-state index contributed by atoms with van der Waals surface area (Å²) in [5.41, 5.74) is 0.369. The largest absolute Gasteiger partial charge is 0.486 e. The van der Waals surface area contributed by atoms with Crippen LogP contribution >= 0.6 is 11.6 Å². The van der Waals surface area contributed by atoms with Crippen molar-refractivity contribution >= 4 is 45.2 Å². The Hall–Kier alpha value is -3.35. The van der Waals surface area contributed by atoms with E-state index in [1.165, 1.54) is 24.3 Å². The summed E-state index contributed by atoms with van der Waals surface area (Å²) >= 11 is 5.77. The van der Waals surface area contributed by atoms with Crippen molar-refractivity contribution in [3.63, 3.8) is 0 Å².